The smallest absolute Gasteiger partial charge is 0.126 e. The Hall–Kier alpha value is -1.22. The Labute approximate surface area is 67.9 Å². The molecule has 0 atom stereocenters. The molecule has 11 heavy (non-hydrogen) atoms. The van der Waals surface area contributed by atoms with E-state index in [1.807, 2.05) is 17.5 Å². The molecule has 2 nitrogen and oxygen atoms in total. The molecule has 0 aliphatic carbocycles. The van der Waals surface area contributed by atoms with E-state index in [1.54, 1.807) is 17.4 Å². The van der Waals surface area contributed by atoms with Crippen molar-refractivity contribution < 1.29 is 5.11 Å². The van der Waals surface area contributed by atoms with Crippen molar-refractivity contribution in [3.63, 3.8) is 0 Å². The monoisotopic (exact) mass is 165 g/mol. The molecule has 0 unspecified atom stereocenters. The zero-order valence-corrected chi connectivity index (χ0v) is 6.56. The van der Waals surface area contributed by atoms with Crippen molar-refractivity contribution in [3.05, 3.63) is 23.6 Å². The molecule has 3 heteroatoms. The summed E-state index contributed by atoms with van der Waals surface area (Å²) >= 11 is 1.58. The molecule has 0 bridgehead atoms. The predicted molar refractivity (Wildman–Crippen MR) is 47.9 cm³/mol. The first-order chi connectivity index (χ1) is 5.27. The summed E-state index contributed by atoms with van der Waals surface area (Å²) in [6.07, 6.45) is 0. The molecule has 0 saturated heterocycles. The van der Waals surface area contributed by atoms with Gasteiger partial charge in [0.05, 0.1) is 0 Å². The summed E-state index contributed by atoms with van der Waals surface area (Å²) in [6, 6.07) is 5.31. The third-order valence-electron chi connectivity index (χ3n) is 1.57. The number of benzene rings is 1. The van der Waals surface area contributed by atoms with Gasteiger partial charge >= 0.3 is 0 Å². The summed E-state index contributed by atoms with van der Waals surface area (Å²) in [5.41, 5.74) is 6.14. The SMILES string of the molecule is Nc1cc(O)c2ccsc2c1. The number of phenols is 1. The molecule has 2 rings (SSSR count). The minimum absolute atomic E-state index is 0.265. The van der Waals surface area contributed by atoms with Gasteiger partial charge in [0.2, 0.25) is 0 Å². The van der Waals surface area contributed by atoms with Gasteiger partial charge in [0.25, 0.3) is 0 Å². The first-order valence-corrected chi connectivity index (χ1v) is 4.11. The van der Waals surface area contributed by atoms with E-state index in [1.165, 1.54) is 0 Å². The number of rotatable bonds is 0. The molecular formula is C8H7NOS. The Morgan fingerprint density at radius 1 is 1.36 bits per heavy atom. The highest BCUT2D eigenvalue weighted by molar-refractivity contribution is 7.17. The number of phenolic OH excluding ortho intramolecular Hbond substituents is 1. The van der Waals surface area contributed by atoms with Crippen LogP contribution in [0.4, 0.5) is 5.69 Å². The lowest BCUT2D eigenvalue weighted by molar-refractivity contribution is 0.482. The van der Waals surface area contributed by atoms with Crippen LogP contribution in [-0.4, -0.2) is 5.11 Å². The number of nitrogen functional groups attached to an aromatic ring is 1. The standard InChI is InChI=1S/C8H7NOS/c9-5-3-7(10)6-1-2-11-8(6)4-5/h1-4,10H,9H2. The summed E-state index contributed by atoms with van der Waals surface area (Å²) in [4.78, 5) is 0. The maximum Gasteiger partial charge on any atom is 0.126 e. The van der Waals surface area contributed by atoms with Crippen LogP contribution in [0.25, 0.3) is 10.1 Å². The second-order valence-corrected chi connectivity index (χ2v) is 3.32. The minimum Gasteiger partial charge on any atom is -0.507 e. The van der Waals surface area contributed by atoms with Gasteiger partial charge in [-0.05, 0) is 17.5 Å². The van der Waals surface area contributed by atoms with Gasteiger partial charge in [-0.1, -0.05) is 0 Å². The van der Waals surface area contributed by atoms with Gasteiger partial charge in [0.1, 0.15) is 5.75 Å². The molecule has 1 heterocycles. The van der Waals surface area contributed by atoms with E-state index < -0.39 is 0 Å². The number of thiophene rings is 1. The molecule has 0 radical (unpaired) electrons. The van der Waals surface area contributed by atoms with Crippen molar-refractivity contribution in [3.8, 4) is 5.75 Å². The van der Waals surface area contributed by atoms with Crippen LogP contribution in [0.1, 0.15) is 0 Å². The van der Waals surface area contributed by atoms with Gasteiger partial charge in [0.15, 0.2) is 0 Å². The van der Waals surface area contributed by atoms with E-state index >= 15 is 0 Å². The number of aromatic hydroxyl groups is 1. The Kier molecular flexibility index (Phi) is 1.26. The highest BCUT2D eigenvalue weighted by Gasteiger charge is 2.00. The lowest BCUT2D eigenvalue weighted by atomic mass is 10.2. The number of nitrogens with two attached hydrogens (primary N) is 1. The van der Waals surface area contributed by atoms with Crippen molar-refractivity contribution in [1.29, 1.82) is 0 Å². The Morgan fingerprint density at radius 2 is 2.18 bits per heavy atom. The third kappa shape index (κ3) is 0.935. The topological polar surface area (TPSA) is 46.2 Å². The van der Waals surface area contributed by atoms with Gasteiger partial charge in [-0.15, -0.1) is 11.3 Å². The van der Waals surface area contributed by atoms with E-state index in [9.17, 15) is 5.11 Å². The second-order valence-electron chi connectivity index (χ2n) is 2.37. The Bertz CT molecular complexity index is 394. The fourth-order valence-corrected chi connectivity index (χ4v) is 1.93. The lowest BCUT2D eigenvalue weighted by Crippen LogP contribution is -1.82. The number of fused-ring (bicyclic) bond motifs is 1. The fraction of sp³-hybridized carbons (Fsp3) is 0. The number of anilines is 1. The third-order valence-corrected chi connectivity index (χ3v) is 2.44. The zero-order valence-electron chi connectivity index (χ0n) is 5.74. The number of hydrogen-bond acceptors (Lipinski definition) is 3. The number of hydrogen-bond donors (Lipinski definition) is 2. The highest BCUT2D eigenvalue weighted by Crippen LogP contribution is 2.31. The first-order valence-electron chi connectivity index (χ1n) is 3.23. The van der Waals surface area contributed by atoms with E-state index in [-0.39, 0.29) is 5.75 Å². The molecule has 0 spiro atoms. The first kappa shape index (κ1) is 6.49. The van der Waals surface area contributed by atoms with Crippen LogP contribution in [-0.2, 0) is 0 Å². The van der Waals surface area contributed by atoms with Crippen LogP contribution in [0.15, 0.2) is 23.6 Å². The van der Waals surface area contributed by atoms with E-state index in [0.717, 1.165) is 10.1 Å². The van der Waals surface area contributed by atoms with Gasteiger partial charge in [-0.25, -0.2) is 0 Å². The summed E-state index contributed by atoms with van der Waals surface area (Å²) in [6.45, 7) is 0. The zero-order chi connectivity index (χ0) is 7.84. The molecule has 0 saturated carbocycles. The molecule has 2 aromatic rings. The van der Waals surface area contributed by atoms with Crippen molar-refractivity contribution in [1.82, 2.24) is 0 Å². The highest BCUT2D eigenvalue weighted by atomic mass is 32.1. The molecule has 0 aliphatic heterocycles. The van der Waals surface area contributed by atoms with Crippen molar-refractivity contribution in [2.75, 3.05) is 5.73 Å². The molecule has 1 aromatic carbocycles. The molecule has 3 N–H and O–H groups in total. The second kappa shape index (κ2) is 2.13. The van der Waals surface area contributed by atoms with Crippen LogP contribution in [0.2, 0.25) is 0 Å². The van der Waals surface area contributed by atoms with Crippen LogP contribution >= 0.6 is 11.3 Å². The average Bonchev–Trinajstić information content (AvgIpc) is 2.34. The Morgan fingerprint density at radius 3 is 3.00 bits per heavy atom. The summed E-state index contributed by atoms with van der Waals surface area (Å²) in [5, 5.41) is 12.2. The summed E-state index contributed by atoms with van der Waals surface area (Å²) in [7, 11) is 0. The molecular weight excluding hydrogens is 158 g/mol. The molecule has 1 aromatic heterocycles. The average molecular weight is 165 g/mol. The van der Waals surface area contributed by atoms with Crippen LogP contribution in [0.3, 0.4) is 0 Å². The van der Waals surface area contributed by atoms with E-state index in [4.69, 9.17) is 5.73 Å². The summed E-state index contributed by atoms with van der Waals surface area (Å²) in [5.74, 6) is 0.265. The quantitative estimate of drug-likeness (QED) is 0.588. The van der Waals surface area contributed by atoms with Gasteiger partial charge in [0, 0.05) is 21.8 Å². The van der Waals surface area contributed by atoms with Crippen LogP contribution in [0, 0.1) is 0 Å². The van der Waals surface area contributed by atoms with Crippen molar-refractivity contribution in [2.45, 2.75) is 0 Å². The maximum atomic E-state index is 9.37. The molecule has 0 amide bonds. The fourth-order valence-electron chi connectivity index (χ4n) is 1.07. The van der Waals surface area contributed by atoms with Gasteiger partial charge < -0.3 is 10.8 Å². The molecule has 0 aliphatic rings. The van der Waals surface area contributed by atoms with E-state index in [2.05, 4.69) is 0 Å². The van der Waals surface area contributed by atoms with E-state index in [0.29, 0.717) is 5.69 Å². The molecule has 0 fully saturated rings. The largest absolute Gasteiger partial charge is 0.507 e. The van der Waals surface area contributed by atoms with Gasteiger partial charge in [-0.3, -0.25) is 0 Å². The Balaban J connectivity index is 2.91. The normalized spacial score (nSPS) is 10.5. The summed E-state index contributed by atoms with van der Waals surface area (Å²) < 4.78 is 1.03. The van der Waals surface area contributed by atoms with Gasteiger partial charge in [-0.2, -0.15) is 0 Å². The lowest BCUT2D eigenvalue weighted by Gasteiger charge is -1.96. The van der Waals surface area contributed by atoms with Crippen LogP contribution < -0.4 is 5.73 Å². The molecule has 56 valence electrons. The maximum absolute atomic E-state index is 9.37. The van der Waals surface area contributed by atoms with Crippen molar-refractivity contribution >= 4 is 27.1 Å². The van der Waals surface area contributed by atoms with Crippen LogP contribution in [0.5, 0.6) is 5.75 Å². The van der Waals surface area contributed by atoms with Crippen molar-refractivity contribution in [2.24, 2.45) is 0 Å². The predicted octanol–water partition coefficient (Wildman–Crippen LogP) is 2.19. The minimum atomic E-state index is 0.265.